The summed E-state index contributed by atoms with van der Waals surface area (Å²) in [6.45, 7) is 11.1. The fraction of sp³-hybridized carbons (Fsp3) is 0.389. The fourth-order valence-corrected chi connectivity index (χ4v) is 2.79. The van der Waals surface area contributed by atoms with E-state index in [1.54, 1.807) is 21.9 Å². The molecule has 1 heterocycles. The van der Waals surface area contributed by atoms with Crippen LogP contribution in [0.3, 0.4) is 0 Å². The molecule has 7 heteroatoms. The minimum absolute atomic E-state index is 0.110. The van der Waals surface area contributed by atoms with Crippen molar-refractivity contribution in [3.05, 3.63) is 36.2 Å². The second-order valence-electron chi connectivity index (χ2n) is 5.04. The molecule has 0 radical (unpaired) electrons. The highest BCUT2D eigenvalue weighted by atomic mass is 32.2. The Morgan fingerprint density at radius 3 is 2.72 bits per heavy atom. The minimum atomic E-state index is -0.110. The van der Waals surface area contributed by atoms with E-state index < -0.39 is 0 Å². The Morgan fingerprint density at radius 1 is 1.52 bits per heavy atom. The van der Waals surface area contributed by atoms with E-state index in [1.165, 1.54) is 11.8 Å². The van der Waals surface area contributed by atoms with Crippen LogP contribution in [0.4, 0.5) is 0 Å². The van der Waals surface area contributed by atoms with Crippen LogP contribution in [0.15, 0.2) is 29.9 Å². The first kappa shape index (κ1) is 20.9. The number of nitrogens with zero attached hydrogens (tertiary/aromatic N) is 4. The molecule has 0 atom stereocenters. The van der Waals surface area contributed by atoms with E-state index in [4.69, 9.17) is 5.73 Å². The summed E-state index contributed by atoms with van der Waals surface area (Å²) in [4.78, 5) is 19.0. The standard InChI is InChI=1S/C18H27N5OS/c1-6-11-23-16(8-3)14(13-20-23)15(7-2)21-17(25-5)18(24)22(9-4)12-10-19/h6-8,11,13H,3,9-10,12,19H2,1-2,4-5H3/b11-6-,15-7+,21-17?. The van der Waals surface area contributed by atoms with Gasteiger partial charge in [0.15, 0.2) is 5.04 Å². The molecule has 25 heavy (non-hydrogen) atoms. The summed E-state index contributed by atoms with van der Waals surface area (Å²) in [5.74, 6) is -0.110. The monoisotopic (exact) mass is 361 g/mol. The van der Waals surface area contributed by atoms with Gasteiger partial charge in [0.1, 0.15) is 0 Å². The number of hydrogen-bond acceptors (Lipinski definition) is 5. The Labute approximate surface area is 154 Å². The van der Waals surface area contributed by atoms with Gasteiger partial charge in [0.2, 0.25) is 0 Å². The molecular formula is C18H27N5OS. The minimum Gasteiger partial charge on any atom is -0.336 e. The van der Waals surface area contributed by atoms with Gasteiger partial charge in [0.05, 0.1) is 17.6 Å². The molecule has 0 spiro atoms. The lowest BCUT2D eigenvalue weighted by Gasteiger charge is -2.20. The molecule has 0 aliphatic rings. The number of aliphatic imine (C=N–C) groups is 1. The highest BCUT2D eigenvalue weighted by Gasteiger charge is 2.19. The molecule has 0 aliphatic carbocycles. The van der Waals surface area contributed by atoms with Crippen molar-refractivity contribution in [3.8, 4) is 0 Å². The van der Waals surface area contributed by atoms with Crippen molar-refractivity contribution in [1.29, 1.82) is 0 Å². The molecule has 2 N–H and O–H groups in total. The zero-order valence-electron chi connectivity index (χ0n) is 15.4. The van der Waals surface area contributed by atoms with Crippen LogP contribution in [0, 0.1) is 0 Å². The van der Waals surface area contributed by atoms with Gasteiger partial charge >= 0.3 is 0 Å². The number of likely N-dealkylation sites (N-methyl/N-ethyl adjacent to an activating group) is 1. The van der Waals surface area contributed by atoms with Crippen molar-refractivity contribution in [1.82, 2.24) is 14.7 Å². The van der Waals surface area contributed by atoms with Crippen molar-refractivity contribution in [2.45, 2.75) is 20.8 Å². The van der Waals surface area contributed by atoms with Gasteiger partial charge in [-0.05, 0) is 33.1 Å². The smallest absolute Gasteiger partial charge is 0.279 e. The quantitative estimate of drug-likeness (QED) is 0.598. The number of rotatable bonds is 7. The summed E-state index contributed by atoms with van der Waals surface area (Å²) < 4.78 is 1.73. The summed E-state index contributed by atoms with van der Waals surface area (Å²) in [6.07, 6.45) is 10.9. The lowest BCUT2D eigenvalue weighted by molar-refractivity contribution is -0.123. The molecule has 0 saturated carbocycles. The topological polar surface area (TPSA) is 76.5 Å². The molecule has 6 nitrogen and oxygen atoms in total. The molecule has 0 bridgehead atoms. The number of aromatic nitrogens is 2. The molecule has 1 rings (SSSR count). The van der Waals surface area contributed by atoms with Crippen LogP contribution in [-0.4, -0.2) is 51.5 Å². The van der Waals surface area contributed by atoms with E-state index in [0.717, 1.165) is 11.3 Å². The van der Waals surface area contributed by atoms with Crippen molar-refractivity contribution in [2.75, 3.05) is 25.9 Å². The number of hydrogen-bond donors (Lipinski definition) is 1. The molecule has 136 valence electrons. The van der Waals surface area contributed by atoms with E-state index in [-0.39, 0.29) is 5.91 Å². The maximum atomic E-state index is 12.7. The molecule has 0 unspecified atom stereocenters. The highest BCUT2D eigenvalue weighted by Crippen LogP contribution is 2.23. The highest BCUT2D eigenvalue weighted by molar-refractivity contribution is 8.15. The Hall–Kier alpha value is -2.12. The van der Waals surface area contributed by atoms with Crippen LogP contribution in [0.25, 0.3) is 18.0 Å². The Balaban J connectivity index is 3.28. The van der Waals surface area contributed by atoms with Gasteiger partial charge < -0.3 is 10.6 Å². The molecule has 0 fully saturated rings. The maximum Gasteiger partial charge on any atom is 0.279 e. The fourth-order valence-electron chi connectivity index (χ4n) is 2.30. The van der Waals surface area contributed by atoms with Crippen LogP contribution in [0.1, 0.15) is 32.0 Å². The second-order valence-corrected chi connectivity index (χ2v) is 5.84. The summed E-state index contributed by atoms with van der Waals surface area (Å²) in [5, 5.41) is 4.76. The molecule has 0 aliphatic heterocycles. The van der Waals surface area contributed by atoms with Gasteiger partial charge in [-0.3, -0.25) is 4.79 Å². The van der Waals surface area contributed by atoms with Gasteiger partial charge in [0.25, 0.3) is 5.91 Å². The lowest BCUT2D eigenvalue weighted by Crippen LogP contribution is -2.38. The van der Waals surface area contributed by atoms with E-state index in [0.29, 0.717) is 30.4 Å². The third-order valence-corrected chi connectivity index (χ3v) is 4.19. The van der Waals surface area contributed by atoms with E-state index in [1.807, 2.05) is 45.4 Å². The molecule has 1 aromatic rings. The first-order valence-electron chi connectivity index (χ1n) is 8.19. The molecular weight excluding hydrogens is 334 g/mol. The van der Waals surface area contributed by atoms with Crippen LogP contribution in [-0.2, 0) is 4.79 Å². The van der Waals surface area contributed by atoms with Crippen LogP contribution >= 0.6 is 11.8 Å². The average Bonchev–Trinajstić information content (AvgIpc) is 3.03. The van der Waals surface area contributed by atoms with E-state index in [2.05, 4.69) is 16.7 Å². The number of amides is 1. The number of thioether (sulfide) groups is 1. The molecule has 0 saturated heterocycles. The summed E-state index contributed by atoms with van der Waals surface area (Å²) in [7, 11) is 0. The number of carbonyl (C=O) groups excluding carboxylic acids is 1. The largest absolute Gasteiger partial charge is 0.336 e. The van der Waals surface area contributed by atoms with Crippen molar-refractivity contribution < 1.29 is 4.79 Å². The van der Waals surface area contributed by atoms with Gasteiger partial charge in [-0.25, -0.2) is 9.67 Å². The normalized spacial score (nSPS) is 12.7. The summed E-state index contributed by atoms with van der Waals surface area (Å²) >= 11 is 1.33. The zero-order chi connectivity index (χ0) is 18.8. The molecule has 1 amide bonds. The number of carbonyl (C=O) groups is 1. The zero-order valence-corrected chi connectivity index (χ0v) is 16.2. The summed E-state index contributed by atoms with van der Waals surface area (Å²) in [5.41, 5.74) is 7.94. The third kappa shape index (κ3) is 5.17. The Morgan fingerprint density at radius 2 is 2.24 bits per heavy atom. The van der Waals surface area contributed by atoms with Gasteiger partial charge in [-0.15, -0.1) is 11.8 Å². The SMILES string of the molecule is C=Cc1c(/C(=C\C)N=C(SC)C(=O)N(CC)CCN)cnn1/C=C\C. The van der Waals surface area contributed by atoms with E-state index >= 15 is 0 Å². The predicted octanol–water partition coefficient (Wildman–Crippen LogP) is 2.95. The average molecular weight is 362 g/mol. The maximum absolute atomic E-state index is 12.7. The Bertz CT molecular complexity index is 688. The Kier molecular flexibility index (Phi) is 8.94. The van der Waals surface area contributed by atoms with Crippen molar-refractivity contribution >= 4 is 40.7 Å². The van der Waals surface area contributed by atoms with Crippen LogP contribution in [0.2, 0.25) is 0 Å². The van der Waals surface area contributed by atoms with Crippen molar-refractivity contribution in [2.24, 2.45) is 10.7 Å². The van der Waals surface area contributed by atoms with Gasteiger partial charge in [0, 0.05) is 31.4 Å². The van der Waals surface area contributed by atoms with Gasteiger partial charge in [-0.1, -0.05) is 18.7 Å². The second kappa shape index (κ2) is 10.7. The van der Waals surface area contributed by atoms with Crippen molar-refractivity contribution in [3.63, 3.8) is 0 Å². The van der Waals surface area contributed by atoms with Gasteiger partial charge in [-0.2, -0.15) is 5.10 Å². The third-order valence-electron chi connectivity index (χ3n) is 3.53. The first-order valence-corrected chi connectivity index (χ1v) is 9.41. The first-order chi connectivity index (χ1) is 12.1. The number of nitrogens with two attached hydrogens (primary N) is 1. The molecule has 0 aromatic carbocycles. The number of allylic oxidation sites excluding steroid dienone is 2. The lowest BCUT2D eigenvalue weighted by atomic mass is 10.2. The van der Waals surface area contributed by atoms with E-state index in [9.17, 15) is 4.79 Å². The van der Waals surface area contributed by atoms with Crippen LogP contribution in [0.5, 0.6) is 0 Å². The predicted molar refractivity (Wildman–Crippen MR) is 109 cm³/mol. The molecule has 1 aromatic heterocycles. The summed E-state index contributed by atoms with van der Waals surface area (Å²) in [6, 6.07) is 0. The van der Waals surface area contributed by atoms with Crippen LogP contribution < -0.4 is 5.73 Å².